The minimum Gasteiger partial charge on any atom is -0.342 e. The van der Waals surface area contributed by atoms with E-state index in [1.54, 1.807) is 0 Å². The van der Waals surface area contributed by atoms with Crippen molar-refractivity contribution in [3.63, 3.8) is 0 Å². The highest BCUT2D eigenvalue weighted by atomic mass is 32.1. The first-order chi connectivity index (χ1) is 7.18. The molecule has 2 unspecified atom stereocenters. The van der Waals surface area contributed by atoms with Crippen LogP contribution < -0.4 is 5.32 Å². The van der Waals surface area contributed by atoms with Crippen LogP contribution in [-0.4, -0.2) is 16.9 Å². The molecule has 1 amide bonds. The lowest BCUT2D eigenvalue weighted by Crippen LogP contribution is -2.44. The van der Waals surface area contributed by atoms with E-state index < -0.39 is 12.1 Å². The fraction of sp³-hybridized carbons (Fsp3) is 0.444. The third-order valence-electron chi connectivity index (χ3n) is 2.49. The van der Waals surface area contributed by atoms with Gasteiger partial charge < -0.3 is 5.32 Å². The van der Waals surface area contributed by atoms with Crippen LogP contribution in [0, 0.1) is 10.1 Å². The fourth-order valence-electron chi connectivity index (χ4n) is 1.74. The van der Waals surface area contributed by atoms with E-state index in [-0.39, 0.29) is 17.3 Å². The van der Waals surface area contributed by atoms with Crippen molar-refractivity contribution in [1.82, 2.24) is 5.32 Å². The average Bonchev–Trinajstić information content (AvgIpc) is 2.69. The Morgan fingerprint density at radius 2 is 2.40 bits per heavy atom. The largest absolute Gasteiger partial charge is 0.342 e. The number of hydrogen-bond acceptors (Lipinski definition) is 4. The minimum atomic E-state index is -0.693. The Hall–Kier alpha value is -1.43. The van der Waals surface area contributed by atoms with Gasteiger partial charge in [-0.25, -0.2) is 0 Å². The molecule has 1 aromatic heterocycles. The zero-order chi connectivity index (χ0) is 10.8. The third-order valence-corrected chi connectivity index (χ3v) is 3.44. The van der Waals surface area contributed by atoms with Gasteiger partial charge in [0.25, 0.3) is 0 Å². The van der Waals surface area contributed by atoms with Crippen LogP contribution >= 0.6 is 11.3 Å². The van der Waals surface area contributed by atoms with Crippen molar-refractivity contribution in [2.75, 3.05) is 0 Å². The van der Waals surface area contributed by atoms with Crippen molar-refractivity contribution >= 4 is 17.2 Å². The van der Waals surface area contributed by atoms with Crippen molar-refractivity contribution in [1.29, 1.82) is 0 Å². The Morgan fingerprint density at radius 3 is 3.00 bits per heavy atom. The average molecular weight is 226 g/mol. The van der Waals surface area contributed by atoms with E-state index in [0.717, 1.165) is 4.88 Å². The first-order valence-electron chi connectivity index (χ1n) is 4.65. The summed E-state index contributed by atoms with van der Waals surface area (Å²) in [7, 11) is 0. The lowest BCUT2D eigenvalue weighted by molar-refractivity contribution is -0.529. The number of thiophene rings is 1. The second-order valence-corrected chi connectivity index (χ2v) is 4.43. The van der Waals surface area contributed by atoms with Gasteiger partial charge in [0, 0.05) is 22.6 Å². The van der Waals surface area contributed by atoms with Crippen molar-refractivity contribution < 1.29 is 9.72 Å². The summed E-state index contributed by atoms with van der Waals surface area (Å²) in [6.45, 7) is 0. The molecule has 0 spiro atoms. The summed E-state index contributed by atoms with van der Waals surface area (Å²) in [5.74, 6) is -0.105. The van der Waals surface area contributed by atoms with Crippen LogP contribution in [0.4, 0.5) is 0 Å². The van der Waals surface area contributed by atoms with E-state index >= 15 is 0 Å². The van der Waals surface area contributed by atoms with Crippen LogP contribution in [-0.2, 0) is 4.79 Å². The smallest absolute Gasteiger partial charge is 0.238 e. The van der Waals surface area contributed by atoms with Gasteiger partial charge >= 0.3 is 0 Å². The van der Waals surface area contributed by atoms with Gasteiger partial charge in [0.2, 0.25) is 11.9 Å². The number of nitrogens with one attached hydrogen (secondary N) is 1. The molecule has 1 N–H and O–H groups in total. The molecular weight excluding hydrogens is 216 g/mol. The maximum atomic E-state index is 11.2. The first kappa shape index (κ1) is 10.1. The molecule has 2 rings (SSSR count). The lowest BCUT2D eigenvalue weighted by Gasteiger charge is -2.25. The second-order valence-electron chi connectivity index (χ2n) is 3.45. The predicted molar refractivity (Wildman–Crippen MR) is 55.2 cm³/mol. The molecule has 0 saturated carbocycles. The molecule has 80 valence electrons. The number of hydrogen-bond donors (Lipinski definition) is 1. The molecule has 1 saturated heterocycles. The number of carbonyl (C=O) groups is 1. The van der Waals surface area contributed by atoms with Crippen molar-refractivity contribution in [3.05, 3.63) is 32.5 Å². The number of nitro groups is 1. The molecule has 6 heteroatoms. The van der Waals surface area contributed by atoms with Crippen LogP contribution in [0.1, 0.15) is 23.8 Å². The van der Waals surface area contributed by atoms with Crippen LogP contribution in [0.25, 0.3) is 0 Å². The summed E-state index contributed by atoms with van der Waals surface area (Å²) in [5.41, 5.74) is 0. The van der Waals surface area contributed by atoms with Gasteiger partial charge in [0.15, 0.2) is 0 Å². The van der Waals surface area contributed by atoms with Crippen molar-refractivity contribution in [2.24, 2.45) is 0 Å². The van der Waals surface area contributed by atoms with Gasteiger partial charge in [-0.2, -0.15) is 0 Å². The van der Waals surface area contributed by atoms with Gasteiger partial charge in [-0.15, -0.1) is 11.3 Å². The summed E-state index contributed by atoms with van der Waals surface area (Å²) >= 11 is 1.43. The van der Waals surface area contributed by atoms with Gasteiger partial charge in [-0.3, -0.25) is 14.9 Å². The van der Waals surface area contributed by atoms with E-state index in [1.807, 2.05) is 17.5 Å². The quantitative estimate of drug-likeness (QED) is 0.611. The lowest BCUT2D eigenvalue weighted by atomic mass is 9.97. The summed E-state index contributed by atoms with van der Waals surface area (Å²) in [4.78, 5) is 22.6. The highest BCUT2D eigenvalue weighted by Crippen LogP contribution is 2.28. The fourth-order valence-corrected chi connectivity index (χ4v) is 2.58. The zero-order valence-electron chi connectivity index (χ0n) is 7.88. The monoisotopic (exact) mass is 226 g/mol. The van der Waals surface area contributed by atoms with Gasteiger partial charge in [0.05, 0.1) is 0 Å². The molecule has 0 aliphatic carbocycles. The number of carbonyl (C=O) groups excluding carboxylic acids is 1. The summed E-state index contributed by atoms with van der Waals surface area (Å²) in [5, 5.41) is 15.4. The van der Waals surface area contributed by atoms with Crippen molar-refractivity contribution in [3.8, 4) is 0 Å². The molecule has 0 radical (unpaired) electrons. The Labute approximate surface area is 90.3 Å². The number of rotatable bonds is 2. The van der Waals surface area contributed by atoms with Crippen LogP contribution in [0.5, 0.6) is 0 Å². The Bertz CT molecular complexity index is 377. The van der Waals surface area contributed by atoms with E-state index in [0.29, 0.717) is 6.42 Å². The van der Waals surface area contributed by atoms with Crippen molar-refractivity contribution in [2.45, 2.75) is 24.9 Å². The Morgan fingerprint density at radius 1 is 1.60 bits per heavy atom. The summed E-state index contributed by atoms with van der Waals surface area (Å²) in [6.07, 6.45) is 0.564. The maximum absolute atomic E-state index is 11.2. The molecule has 2 heterocycles. The minimum absolute atomic E-state index is 0.105. The summed E-state index contributed by atoms with van der Waals surface area (Å²) < 4.78 is 0. The normalized spacial score (nSPS) is 26.0. The van der Waals surface area contributed by atoms with Crippen LogP contribution in [0.15, 0.2) is 17.5 Å². The molecule has 1 aliphatic heterocycles. The van der Waals surface area contributed by atoms with E-state index in [1.165, 1.54) is 11.3 Å². The predicted octanol–water partition coefficient (Wildman–Crippen LogP) is 1.34. The molecule has 1 aliphatic rings. The highest BCUT2D eigenvalue weighted by molar-refractivity contribution is 7.10. The maximum Gasteiger partial charge on any atom is 0.238 e. The number of nitrogens with zero attached hydrogens (tertiary/aromatic N) is 1. The SMILES string of the molecule is O=C1CCC([N+](=O)[O-])C(c2cccs2)N1. The molecule has 0 bridgehead atoms. The second kappa shape index (κ2) is 3.98. The number of amides is 1. The Balaban J connectivity index is 2.24. The van der Waals surface area contributed by atoms with Gasteiger partial charge in [-0.1, -0.05) is 6.07 Å². The molecule has 1 fully saturated rings. The van der Waals surface area contributed by atoms with E-state index in [4.69, 9.17) is 0 Å². The van der Waals surface area contributed by atoms with E-state index in [9.17, 15) is 14.9 Å². The topological polar surface area (TPSA) is 72.2 Å². The molecule has 1 aromatic rings. The molecule has 2 atom stereocenters. The van der Waals surface area contributed by atoms with Gasteiger partial charge in [0.1, 0.15) is 6.04 Å². The third kappa shape index (κ3) is 1.99. The van der Waals surface area contributed by atoms with E-state index in [2.05, 4.69) is 5.32 Å². The number of piperidine rings is 1. The molecule has 15 heavy (non-hydrogen) atoms. The highest BCUT2D eigenvalue weighted by Gasteiger charge is 2.38. The zero-order valence-corrected chi connectivity index (χ0v) is 8.70. The summed E-state index contributed by atoms with van der Waals surface area (Å²) in [6, 6.07) is 2.50. The first-order valence-corrected chi connectivity index (χ1v) is 5.52. The van der Waals surface area contributed by atoms with Gasteiger partial charge in [-0.05, 0) is 11.4 Å². The van der Waals surface area contributed by atoms with Crippen LogP contribution in [0.3, 0.4) is 0 Å². The standard InChI is InChI=1S/C9H10N2O3S/c12-8-4-3-6(11(13)14)9(10-8)7-2-1-5-15-7/h1-2,5-6,9H,3-4H2,(H,10,12). The molecule has 0 aromatic carbocycles. The van der Waals surface area contributed by atoms with Crippen LogP contribution in [0.2, 0.25) is 0 Å². The molecular formula is C9H10N2O3S. The molecule has 5 nitrogen and oxygen atoms in total. The Kier molecular flexibility index (Phi) is 2.68.